The van der Waals surface area contributed by atoms with Crippen LogP contribution in [0.3, 0.4) is 0 Å². The van der Waals surface area contributed by atoms with E-state index in [9.17, 15) is 4.79 Å². The van der Waals surface area contributed by atoms with Crippen molar-refractivity contribution in [1.82, 2.24) is 10.2 Å². The molecular formula is C23H24N2O4S2. The van der Waals surface area contributed by atoms with Crippen LogP contribution in [-0.4, -0.2) is 42.1 Å². The molecule has 1 amide bonds. The summed E-state index contributed by atoms with van der Waals surface area (Å²) in [6.45, 7) is 2.56. The molecule has 0 spiro atoms. The molecule has 31 heavy (non-hydrogen) atoms. The maximum atomic E-state index is 12.8. The van der Waals surface area contributed by atoms with Crippen molar-refractivity contribution < 1.29 is 19.0 Å². The van der Waals surface area contributed by atoms with Crippen LogP contribution in [0.15, 0.2) is 47.4 Å². The third-order valence-corrected chi connectivity index (χ3v) is 6.42. The summed E-state index contributed by atoms with van der Waals surface area (Å²) in [5, 5.41) is 3.43. The van der Waals surface area contributed by atoms with Crippen LogP contribution in [0.4, 0.5) is 0 Å². The third-order valence-electron chi connectivity index (χ3n) is 5.04. The van der Waals surface area contributed by atoms with E-state index in [1.165, 1.54) is 17.3 Å². The van der Waals surface area contributed by atoms with E-state index in [1.807, 2.05) is 36.4 Å². The second-order valence-electron chi connectivity index (χ2n) is 7.18. The lowest BCUT2D eigenvalue weighted by Gasteiger charge is -2.14. The van der Waals surface area contributed by atoms with Gasteiger partial charge < -0.3 is 19.5 Å². The third kappa shape index (κ3) is 5.39. The normalized spacial score (nSPS) is 16.4. The molecule has 2 aliphatic heterocycles. The number of methoxy groups -OCH3 is 1. The minimum absolute atomic E-state index is 0.0288. The summed E-state index contributed by atoms with van der Waals surface area (Å²) in [4.78, 5) is 15.1. The lowest BCUT2D eigenvalue weighted by atomic mass is 10.2. The van der Waals surface area contributed by atoms with Gasteiger partial charge in [0.15, 0.2) is 11.5 Å². The number of amides is 1. The Morgan fingerprint density at radius 1 is 1.16 bits per heavy atom. The summed E-state index contributed by atoms with van der Waals surface area (Å²) < 4.78 is 16.5. The SMILES string of the molecule is COc1ccc(CNCCCCN2C(=O)/C(=C/c3ccc4c(c3)OCO4)SC2=S)cc1. The Hall–Kier alpha value is -2.55. The highest BCUT2D eigenvalue weighted by atomic mass is 32.2. The van der Waals surface area contributed by atoms with Gasteiger partial charge in [-0.25, -0.2) is 0 Å². The molecular weight excluding hydrogens is 432 g/mol. The zero-order valence-corrected chi connectivity index (χ0v) is 18.9. The molecule has 8 heteroatoms. The fourth-order valence-corrected chi connectivity index (χ4v) is 4.65. The highest BCUT2D eigenvalue weighted by molar-refractivity contribution is 8.26. The van der Waals surface area contributed by atoms with Gasteiger partial charge >= 0.3 is 0 Å². The minimum Gasteiger partial charge on any atom is -0.497 e. The first-order chi connectivity index (χ1) is 15.1. The summed E-state index contributed by atoms with van der Waals surface area (Å²) in [5.74, 6) is 2.26. The fraction of sp³-hybridized carbons (Fsp3) is 0.304. The van der Waals surface area contributed by atoms with E-state index >= 15 is 0 Å². The number of thiocarbonyl (C=S) groups is 1. The Bertz CT molecular complexity index is 992. The standard InChI is InChI=1S/C23H24N2O4S2/c1-27-18-7-4-16(5-8-18)14-24-10-2-3-11-25-22(26)21(31-23(25)30)13-17-6-9-19-20(12-17)29-15-28-19/h4-9,12-13,24H,2-3,10-11,14-15H2,1H3/b21-13-. The molecule has 162 valence electrons. The van der Waals surface area contributed by atoms with Crippen molar-refractivity contribution in [3.8, 4) is 17.2 Å². The van der Waals surface area contributed by atoms with Gasteiger partial charge in [0.2, 0.25) is 6.79 Å². The quantitative estimate of drug-likeness (QED) is 0.345. The number of ether oxygens (including phenoxy) is 3. The van der Waals surface area contributed by atoms with E-state index in [2.05, 4.69) is 17.4 Å². The number of nitrogens with one attached hydrogen (secondary N) is 1. The van der Waals surface area contributed by atoms with E-state index in [4.69, 9.17) is 26.4 Å². The topological polar surface area (TPSA) is 60.0 Å². The van der Waals surface area contributed by atoms with Gasteiger partial charge in [0.1, 0.15) is 10.1 Å². The number of carbonyl (C=O) groups excluding carboxylic acids is 1. The van der Waals surface area contributed by atoms with Gasteiger partial charge in [0.05, 0.1) is 12.0 Å². The van der Waals surface area contributed by atoms with Crippen LogP contribution in [0.1, 0.15) is 24.0 Å². The van der Waals surface area contributed by atoms with Gasteiger partial charge in [-0.05, 0) is 60.9 Å². The Kier molecular flexibility index (Phi) is 7.11. The molecule has 0 aliphatic carbocycles. The van der Waals surface area contributed by atoms with Crippen molar-refractivity contribution in [2.45, 2.75) is 19.4 Å². The van der Waals surface area contributed by atoms with Gasteiger partial charge in [0, 0.05) is 13.1 Å². The number of hydrogen-bond acceptors (Lipinski definition) is 7. The van der Waals surface area contributed by atoms with Crippen LogP contribution in [-0.2, 0) is 11.3 Å². The molecule has 6 nitrogen and oxygen atoms in total. The van der Waals surface area contributed by atoms with Crippen molar-refractivity contribution in [3.63, 3.8) is 0 Å². The first-order valence-electron chi connectivity index (χ1n) is 10.1. The second kappa shape index (κ2) is 10.2. The Labute approximate surface area is 191 Å². The molecule has 0 radical (unpaired) electrons. The molecule has 2 aliphatic rings. The number of unbranched alkanes of at least 4 members (excludes halogenated alkanes) is 1. The van der Waals surface area contributed by atoms with Crippen LogP contribution in [0.25, 0.3) is 6.08 Å². The smallest absolute Gasteiger partial charge is 0.266 e. The number of fused-ring (bicyclic) bond motifs is 1. The van der Waals surface area contributed by atoms with E-state index in [0.29, 0.717) is 21.5 Å². The fourth-order valence-electron chi connectivity index (χ4n) is 3.34. The van der Waals surface area contributed by atoms with E-state index in [1.54, 1.807) is 12.0 Å². The van der Waals surface area contributed by atoms with E-state index in [-0.39, 0.29) is 12.7 Å². The summed E-state index contributed by atoms with van der Waals surface area (Å²) in [6, 6.07) is 13.7. The Balaban J connectivity index is 1.22. The summed E-state index contributed by atoms with van der Waals surface area (Å²) in [7, 11) is 1.67. The maximum absolute atomic E-state index is 12.8. The van der Waals surface area contributed by atoms with Gasteiger partial charge in [-0.15, -0.1) is 0 Å². The number of benzene rings is 2. The second-order valence-corrected chi connectivity index (χ2v) is 8.85. The van der Waals surface area contributed by atoms with Crippen molar-refractivity contribution >= 4 is 40.3 Å². The van der Waals surface area contributed by atoms with E-state index in [0.717, 1.165) is 43.0 Å². The molecule has 0 atom stereocenters. The van der Waals surface area contributed by atoms with Gasteiger partial charge in [-0.1, -0.05) is 42.2 Å². The molecule has 0 unspecified atom stereocenters. The molecule has 2 aromatic carbocycles. The Morgan fingerprint density at radius 3 is 2.77 bits per heavy atom. The van der Waals surface area contributed by atoms with Crippen LogP contribution in [0.5, 0.6) is 17.2 Å². The first kappa shape index (κ1) is 21.7. The zero-order valence-electron chi connectivity index (χ0n) is 17.3. The molecule has 2 heterocycles. The number of carbonyl (C=O) groups is 1. The minimum atomic E-state index is -0.0288. The number of nitrogens with zero attached hydrogens (tertiary/aromatic N) is 1. The van der Waals surface area contributed by atoms with Crippen molar-refractivity contribution in [3.05, 3.63) is 58.5 Å². The lowest BCUT2D eigenvalue weighted by molar-refractivity contribution is -0.122. The predicted octanol–water partition coefficient (Wildman–Crippen LogP) is 4.20. The summed E-state index contributed by atoms with van der Waals surface area (Å²) in [5.41, 5.74) is 2.11. The molecule has 2 aromatic rings. The van der Waals surface area contributed by atoms with Crippen LogP contribution in [0.2, 0.25) is 0 Å². The van der Waals surface area contributed by atoms with Gasteiger partial charge in [-0.3, -0.25) is 9.69 Å². The van der Waals surface area contributed by atoms with Crippen molar-refractivity contribution in [2.75, 3.05) is 27.0 Å². The average molecular weight is 457 g/mol. The van der Waals surface area contributed by atoms with Gasteiger partial charge in [-0.2, -0.15) is 0 Å². The van der Waals surface area contributed by atoms with Crippen LogP contribution >= 0.6 is 24.0 Å². The van der Waals surface area contributed by atoms with Gasteiger partial charge in [0.25, 0.3) is 5.91 Å². The molecule has 1 fully saturated rings. The molecule has 4 rings (SSSR count). The van der Waals surface area contributed by atoms with Crippen molar-refractivity contribution in [1.29, 1.82) is 0 Å². The van der Waals surface area contributed by atoms with Crippen LogP contribution in [0, 0.1) is 0 Å². The lowest BCUT2D eigenvalue weighted by Crippen LogP contribution is -2.29. The summed E-state index contributed by atoms with van der Waals surface area (Å²) in [6.07, 6.45) is 3.71. The number of rotatable bonds is 9. The van der Waals surface area contributed by atoms with Crippen LogP contribution < -0.4 is 19.5 Å². The zero-order chi connectivity index (χ0) is 21.6. The van der Waals surface area contributed by atoms with E-state index < -0.39 is 0 Å². The Morgan fingerprint density at radius 2 is 1.97 bits per heavy atom. The highest BCUT2D eigenvalue weighted by Gasteiger charge is 2.31. The first-order valence-corrected chi connectivity index (χ1v) is 11.4. The monoisotopic (exact) mass is 456 g/mol. The predicted molar refractivity (Wildman–Crippen MR) is 126 cm³/mol. The number of hydrogen-bond donors (Lipinski definition) is 1. The maximum Gasteiger partial charge on any atom is 0.266 e. The molecule has 0 aromatic heterocycles. The largest absolute Gasteiger partial charge is 0.497 e. The molecule has 0 bridgehead atoms. The van der Waals surface area contributed by atoms with Crippen molar-refractivity contribution in [2.24, 2.45) is 0 Å². The highest BCUT2D eigenvalue weighted by Crippen LogP contribution is 2.36. The number of thioether (sulfide) groups is 1. The average Bonchev–Trinajstić information content (AvgIpc) is 3.35. The summed E-state index contributed by atoms with van der Waals surface area (Å²) >= 11 is 6.78. The molecule has 0 saturated carbocycles. The molecule has 1 saturated heterocycles. The molecule has 1 N–H and O–H groups in total.